The molecule has 0 spiro atoms. The van der Waals surface area contributed by atoms with Crippen LogP contribution in [-0.4, -0.2) is 23.9 Å². The number of hydrogen-bond donors (Lipinski definition) is 2. The van der Waals surface area contributed by atoms with E-state index < -0.39 is 0 Å². The summed E-state index contributed by atoms with van der Waals surface area (Å²) in [6.45, 7) is 0. The Hall–Kier alpha value is -1.06. The zero-order valence-corrected chi connectivity index (χ0v) is 8.92. The summed E-state index contributed by atoms with van der Waals surface area (Å²) in [5.41, 5.74) is 0. The molecule has 0 aromatic carbocycles. The van der Waals surface area contributed by atoms with E-state index in [9.17, 15) is 9.59 Å². The minimum absolute atomic E-state index is 0.129. The van der Waals surface area contributed by atoms with Crippen molar-refractivity contribution in [2.75, 3.05) is 0 Å². The van der Waals surface area contributed by atoms with E-state index in [4.69, 9.17) is 0 Å². The van der Waals surface area contributed by atoms with Gasteiger partial charge in [-0.25, -0.2) is 0 Å². The van der Waals surface area contributed by atoms with E-state index in [1.165, 1.54) is 0 Å². The summed E-state index contributed by atoms with van der Waals surface area (Å²) in [5, 5.41) is 6.00. The van der Waals surface area contributed by atoms with Crippen molar-refractivity contribution in [3.63, 3.8) is 0 Å². The monoisotopic (exact) mass is 210 g/mol. The molecule has 15 heavy (non-hydrogen) atoms. The van der Waals surface area contributed by atoms with Gasteiger partial charge in [0.1, 0.15) is 0 Å². The van der Waals surface area contributed by atoms with E-state index in [1.54, 1.807) is 0 Å². The molecule has 0 aromatic heterocycles. The third-order valence-electron chi connectivity index (χ3n) is 3.27. The average Bonchev–Trinajstić information content (AvgIpc) is 2.43. The average molecular weight is 210 g/mol. The molecule has 2 rings (SSSR count). The summed E-state index contributed by atoms with van der Waals surface area (Å²) in [4.78, 5) is 22.7. The summed E-state index contributed by atoms with van der Waals surface area (Å²) in [6.07, 6.45) is 6.27. The fraction of sp³-hybridized carbons (Fsp3) is 0.818. The van der Waals surface area contributed by atoms with Crippen LogP contribution < -0.4 is 10.6 Å². The maximum atomic E-state index is 11.4. The van der Waals surface area contributed by atoms with Crippen molar-refractivity contribution in [1.29, 1.82) is 0 Å². The largest absolute Gasteiger partial charge is 0.351 e. The van der Waals surface area contributed by atoms with Gasteiger partial charge in [0.15, 0.2) is 0 Å². The Kier molecular flexibility index (Phi) is 3.23. The first-order chi connectivity index (χ1) is 7.25. The van der Waals surface area contributed by atoms with Gasteiger partial charge in [-0.2, -0.15) is 0 Å². The van der Waals surface area contributed by atoms with Gasteiger partial charge in [-0.15, -0.1) is 0 Å². The van der Waals surface area contributed by atoms with Crippen molar-refractivity contribution in [2.45, 2.75) is 57.0 Å². The van der Waals surface area contributed by atoms with Gasteiger partial charge < -0.3 is 10.6 Å². The summed E-state index contributed by atoms with van der Waals surface area (Å²) < 4.78 is 0. The summed E-state index contributed by atoms with van der Waals surface area (Å²) in [6, 6.07) is 0.317. The maximum absolute atomic E-state index is 11.4. The lowest BCUT2D eigenvalue weighted by Gasteiger charge is -2.30. The molecule has 0 aliphatic carbocycles. The second-order valence-electron chi connectivity index (χ2n) is 4.49. The van der Waals surface area contributed by atoms with Crippen molar-refractivity contribution in [1.82, 2.24) is 10.6 Å². The second-order valence-corrected chi connectivity index (χ2v) is 4.49. The van der Waals surface area contributed by atoms with Gasteiger partial charge in [-0.1, -0.05) is 6.42 Å². The highest BCUT2D eigenvalue weighted by Crippen LogP contribution is 2.18. The molecule has 4 nitrogen and oxygen atoms in total. The molecule has 2 heterocycles. The summed E-state index contributed by atoms with van der Waals surface area (Å²) in [5.74, 6) is 0.266. The first-order valence-electron chi connectivity index (χ1n) is 5.84. The van der Waals surface area contributed by atoms with E-state index in [-0.39, 0.29) is 23.9 Å². The molecule has 2 unspecified atom stereocenters. The van der Waals surface area contributed by atoms with E-state index in [0.717, 1.165) is 32.1 Å². The predicted octanol–water partition coefficient (Wildman–Crippen LogP) is 0.714. The molecule has 2 fully saturated rings. The highest BCUT2D eigenvalue weighted by Gasteiger charge is 2.28. The summed E-state index contributed by atoms with van der Waals surface area (Å²) >= 11 is 0. The van der Waals surface area contributed by atoms with Crippen LogP contribution in [0.3, 0.4) is 0 Å². The van der Waals surface area contributed by atoms with Crippen LogP contribution in [0.5, 0.6) is 0 Å². The molecule has 4 heteroatoms. The number of rotatable bonds is 1. The number of hydrogen-bond acceptors (Lipinski definition) is 2. The number of carbonyl (C=O) groups is 2. The maximum Gasteiger partial charge on any atom is 0.220 e. The molecule has 2 amide bonds. The van der Waals surface area contributed by atoms with E-state index in [0.29, 0.717) is 12.8 Å². The van der Waals surface area contributed by atoms with Crippen molar-refractivity contribution >= 4 is 11.8 Å². The quantitative estimate of drug-likeness (QED) is 0.669. The first kappa shape index (κ1) is 10.5. The lowest BCUT2D eigenvalue weighted by molar-refractivity contribution is -0.125. The summed E-state index contributed by atoms with van der Waals surface area (Å²) in [7, 11) is 0. The standard InChI is InChI=1S/C11H18N2O2/c14-10-6-2-1-4-8(12-10)9-5-3-7-11(15)13-9/h8-9H,1-7H2,(H,12,14)(H,13,15). The molecule has 84 valence electrons. The van der Waals surface area contributed by atoms with Crippen LogP contribution >= 0.6 is 0 Å². The molecule has 2 atom stereocenters. The molecule has 0 aromatic rings. The van der Waals surface area contributed by atoms with E-state index in [1.807, 2.05) is 0 Å². The number of nitrogens with one attached hydrogen (secondary N) is 2. The van der Waals surface area contributed by atoms with E-state index >= 15 is 0 Å². The molecule has 2 saturated heterocycles. The Bertz CT molecular complexity index is 265. The Labute approximate surface area is 89.8 Å². The number of amides is 2. The van der Waals surface area contributed by atoms with Gasteiger partial charge in [0.2, 0.25) is 11.8 Å². The fourth-order valence-electron chi connectivity index (χ4n) is 2.44. The van der Waals surface area contributed by atoms with Crippen LogP contribution in [0.15, 0.2) is 0 Å². The Morgan fingerprint density at radius 2 is 1.33 bits per heavy atom. The zero-order chi connectivity index (χ0) is 10.7. The lowest BCUT2D eigenvalue weighted by atomic mass is 9.94. The predicted molar refractivity (Wildman–Crippen MR) is 56.2 cm³/mol. The van der Waals surface area contributed by atoms with Gasteiger partial charge in [0.25, 0.3) is 0 Å². The SMILES string of the molecule is O=C1CCCCC(C2CCCC(=O)N2)N1. The third kappa shape index (κ3) is 2.70. The highest BCUT2D eigenvalue weighted by molar-refractivity contribution is 5.78. The van der Waals surface area contributed by atoms with Gasteiger partial charge in [-0.3, -0.25) is 9.59 Å². The molecule has 2 aliphatic rings. The van der Waals surface area contributed by atoms with Gasteiger partial charge in [0, 0.05) is 24.9 Å². The molecule has 2 N–H and O–H groups in total. The van der Waals surface area contributed by atoms with Crippen LogP contribution in [0.2, 0.25) is 0 Å². The van der Waals surface area contributed by atoms with E-state index in [2.05, 4.69) is 10.6 Å². The van der Waals surface area contributed by atoms with Crippen LogP contribution in [-0.2, 0) is 9.59 Å². The Morgan fingerprint density at radius 3 is 2.00 bits per heavy atom. The fourth-order valence-corrected chi connectivity index (χ4v) is 2.44. The smallest absolute Gasteiger partial charge is 0.220 e. The van der Waals surface area contributed by atoms with Crippen molar-refractivity contribution in [3.05, 3.63) is 0 Å². The lowest BCUT2D eigenvalue weighted by Crippen LogP contribution is -2.52. The van der Waals surface area contributed by atoms with Crippen LogP contribution in [0.1, 0.15) is 44.9 Å². The first-order valence-corrected chi connectivity index (χ1v) is 5.84. The van der Waals surface area contributed by atoms with Gasteiger partial charge in [-0.05, 0) is 25.7 Å². The van der Waals surface area contributed by atoms with Crippen LogP contribution in [0.4, 0.5) is 0 Å². The van der Waals surface area contributed by atoms with Gasteiger partial charge >= 0.3 is 0 Å². The second kappa shape index (κ2) is 4.64. The zero-order valence-electron chi connectivity index (χ0n) is 8.92. The van der Waals surface area contributed by atoms with Crippen molar-refractivity contribution in [2.24, 2.45) is 0 Å². The van der Waals surface area contributed by atoms with Crippen molar-refractivity contribution in [3.8, 4) is 0 Å². The topological polar surface area (TPSA) is 58.2 Å². The van der Waals surface area contributed by atoms with Crippen LogP contribution in [0.25, 0.3) is 0 Å². The Balaban J connectivity index is 1.95. The molecular formula is C11H18N2O2. The number of carbonyl (C=O) groups excluding carboxylic acids is 2. The molecule has 0 radical (unpaired) electrons. The minimum atomic E-state index is 0.129. The molecule has 2 aliphatic heterocycles. The highest BCUT2D eigenvalue weighted by atomic mass is 16.2. The molecular weight excluding hydrogens is 192 g/mol. The number of piperidine rings is 1. The van der Waals surface area contributed by atoms with Gasteiger partial charge in [0.05, 0.1) is 0 Å². The molecule has 0 bridgehead atoms. The molecule has 0 saturated carbocycles. The normalized spacial score (nSPS) is 32.8. The van der Waals surface area contributed by atoms with Crippen molar-refractivity contribution < 1.29 is 9.59 Å². The van der Waals surface area contributed by atoms with Crippen LogP contribution in [0, 0.1) is 0 Å². The minimum Gasteiger partial charge on any atom is -0.351 e. The Morgan fingerprint density at radius 1 is 0.800 bits per heavy atom. The third-order valence-corrected chi connectivity index (χ3v) is 3.27.